The number of morpholine rings is 1. The maximum Gasteiger partial charge on any atom is 0.0753 e. The van der Waals surface area contributed by atoms with E-state index in [1.165, 1.54) is 6.54 Å². The van der Waals surface area contributed by atoms with E-state index in [1.54, 1.807) is 0 Å². The van der Waals surface area contributed by atoms with Crippen molar-refractivity contribution in [1.82, 2.24) is 4.90 Å². The zero-order valence-electron chi connectivity index (χ0n) is 9.68. The van der Waals surface area contributed by atoms with Gasteiger partial charge < -0.3 is 4.74 Å². The van der Waals surface area contributed by atoms with Gasteiger partial charge in [-0.25, -0.2) is 0 Å². The van der Waals surface area contributed by atoms with Gasteiger partial charge in [0.2, 0.25) is 0 Å². The van der Waals surface area contributed by atoms with Gasteiger partial charge in [-0.1, -0.05) is 20.8 Å². The van der Waals surface area contributed by atoms with Gasteiger partial charge in [0.25, 0.3) is 0 Å². The lowest BCUT2D eigenvalue weighted by Gasteiger charge is -2.40. The van der Waals surface area contributed by atoms with Crippen molar-refractivity contribution in [2.24, 2.45) is 5.41 Å². The molecule has 1 aliphatic rings. The second-order valence-corrected chi connectivity index (χ2v) is 5.88. The minimum Gasteiger partial charge on any atom is -0.373 e. The third kappa shape index (κ3) is 4.10. The van der Waals surface area contributed by atoms with E-state index in [4.69, 9.17) is 4.74 Å². The lowest BCUT2D eigenvalue weighted by molar-refractivity contribution is -0.0917. The number of hydrogen-bond donors (Lipinski definition) is 0. The zero-order chi connectivity index (χ0) is 10.1. The van der Waals surface area contributed by atoms with Crippen LogP contribution in [0.15, 0.2) is 0 Å². The highest BCUT2D eigenvalue weighted by Crippen LogP contribution is 2.21. The minimum absolute atomic E-state index is 0.0451. The molecule has 0 bridgehead atoms. The van der Waals surface area contributed by atoms with Gasteiger partial charge in [0.1, 0.15) is 0 Å². The molecule has 0 unspecified atom stereocenters. The maximum atomic E-state index is 5.67. The molecule has 1 saturated heterocycles. The van der Waals surface area contributed by atoms with Crippen LogP contribution in [0.25, 0.3) is 0 Å². The monoisotopic (exact) mass is 185 g/mol. The summed E-state index contributed by atoms with van der Waals surface area (Å²) in [6, 6.07) is 0. The van der Waals surface area contributed by atoms with E-state index >= 15 is 0 Å². The van der Waals surface area contributed by atoms with E-state index in [0.29, 0.717) is 5.41 Å². The van der Waals surface area contributed by atoms with Crippen LogP contribution >= 0.6 is 0 Å². The number of hydrogen-bond acceptors (Lipinski definition) is 2. The molecule has 1 aliphatic heterocycles. The third-order valence-electron chi connectivity index (χ3n) is 2.20. The Hall–Kier alpha value is -0.0800. The Kier molecular flexibility index (Phi) is 3.03. The molecule has 1 rings (SSSR count). The normalized spacial score (nSPS) is 24.7. The summed E-state index contributed by atoms with van der Waals surface area (Å²) in [6.07, 6.45) is 0. The average Bonchev–Trinajstić information content (AvgIpc) is 1.79. The van der Waals surface area contributed by atoms with E-state index in [9.17, 15) is 0 Å². The summed E-state index contributed by atoms with van der Waals surface area (Å²) in [5.41, 5.74) is 0.441. The minimum atomic E-state index is 0.0451. The average molecular weight is 185 g/mol. The van der Waals surface area contributed by atoms with E-state index in [0.717, 1.165) is 19.7 Å². The Morgan fingerprint density at radius 1 is 1.31 bits per heavy atom. The van der Waals surface area contributed by atoms with Gasteiger partial charge >= 0.3 is 0 Å². The van der Waals surface area contributed by atoms with Crippen molar-refractivity contribution in [3.8, 4) is 0 Å². The van der Waals surface area contributed by atoms with E-state index in [1.807, 2.05) is 0 Å². The molecule has 0 saturated carbocycles. The molecule has 0 N–H and O–H groups in total. The fourth-order valence-corrected chi connectivity index (χ4v) is 1.92. The molecule has 0 aromatic carbocycles. The second kappa shape index (κ2) is 3.58. The molecule has 13 heavy (non-hydrogen) atoms. The van der Waals surface area contributed by atoms with Crippen LogP contribution in [0.1, 0.15) is 34.6 Å². The summed E-state index contributed by atoms with van der Waals surface area (Å²) in [6.45, 7) is 15.4. The highest BCUT2D eigenvalue weighted by molar-refractivity contribution is 4.81. The first-order valence-corrected chi connectivity index (χ1v) is 5.15. The maximum absolute atomic E-state index is 5.67. The summed E-state index contributed by atoms with van der Waals surface area (Å²) in [5.74, 6) is 0. The van der Waals surface area contributed by atoms with Crippen molar-refractivity contribution in [3.05, 3.63) is 0 Å². The summed E-state index contributed by atoms with van der Waals surface area (Å²) in [7, 11) is 0. The molecule has 1 fully saturated rings. The van der Waals surface area contributed by atoms with Crippen LogP contribution in [0.4, 0.5) is 0 Å². The molecule has 0 spiro atoms. The summed E-state index contributed by atoms with van der Waals surface area (Å²) in [5, 5.41) is 0. The van der Waals surface area contributed by atoms with Crippen LogP contribution < -0.4 is 0 Å². The van der Waals surface area contributed by atoms with Gasteiger partial charge in [-0.2, -0.15) is 0 Å². The summed E-state index contributed by atoms with van der Waals surface area (Å²) < 4.78 is 5.67. The Morgan fingerprint density at radius 2 is 1.92 bits per heavy atom. The van der Waals surface area contributed by atoms with Gasteiger partial charge in [0, 0.05) is 19.6 Å². The van der Waals surface area contributed by atoms with Gasteiger partial charge in [-0.15, -0.1) is 0 Å². The molecule has 78 valence electrons. The molecule has 1 heterocycles. The Balaban J connectivity index is 2.44. The first-order chi connectivity index (χ1) is 5.79. The summed E-state index contributed by atoms with van der Waals surface area (Å²) >= 11 is 0. The first kappa shape index (κ1) is 11.0. The van der Waals surface area contributed by atoms with Crippen molar-refractivity contribution in [2.75, 3.05) is 26.2 Å². The molecule has 2 heteroatoms. The van der Waals surface area contributed by atoms with E-state index in [2.05, 4.69) is 39.5 Å². The fraction of sp³-hybridized carbons (Fsp3) is 1.00. The highest BCUT2D eigenvalue weighted by atomic mass is 16.5. The highest BCUT2D eigenvalue weighted by Gasteiger charge is 2.28. The Bertz CT molecular complexity index is 167. The van der Waals surface area contributed by atoms with Crippen LogP contribution in [-0.2, 0) is 4.74 Å². The van der Waals surface area contributed by atoms with Crippen molar-refractivity contribution in [2.45, 2.75) is 40.2 Å². The largest absolute Gasteiger partial charge is 0.373 e. The number of ether oxygens (including phenoxy) is 1. The third-order valence-corrected chi connectivity index (χ3v) is 2.20. The standard InChI is InChI=1S/C11H23NO/c1-10(2,3)8-12-6-7-13-11(4,5)9-12/h6-9H2,1-5H3. The summed E-state index contributed by atoms with van der Waals surface area (Å²) in [4.78, 5) is 2.50. The molecule has 0 amide bonds. The SMILES string of the molecule is CC(C)(C)CN1CCOC(C)(C)C1. The van der Waals surface area contributed by atoms with Crippen LogP contribution in [0, 0.1) is 5.41 Å². The van der Waals surface area contributed by atoms with Crippen molar-refractivity contribution < 1.29 is 4.74 Å². The quantitative estimate of drug-likeness (QED) is 0.620. The van der Waals surface area contributed by atoms with Crippen LogP contribution in [-0.4, -0.2) is 36.7 Å². The molecule has 0 aromatic rings. The van der Waals surface area contributed by atoms with Crippen molar-refractivity contribution in [3.63, 3.8) is 0 Å². The van der Waals surface area contributed by atoms with Crippen LogP contribution in [0.2, 0.25) is 0 Å². The first-order valence-electron chi connectivity index (χ1n) is 5.15. The Morgan fingerprint density at radius 3 is 2.38 bits per heavy atom. The Labute approximate surface area is 82.3 Å². The fourth-order valence-electron chi connectivity index (χ4n) is 1.92. The lowest BCUT2D eigenvalue weighted by Crippen LogP contribution is -2.50. The van der Waals surface area contributed by atoms with Crippen LogP contribution in [0.5, 0.6) is 0 Å². The molecule has 0 atom stereocenters. The second-order valence-electron chi connectivity index (χ2n) is 5.88. The van der Waals surface area contributed by atoms with Crippen molar-refractivity contribution in [1.29, 1.82) is 0 Å². The molecular weight excluding hydrogens is 162 g/mol. The van der Waals surface area contributed by atoms with E-state index < -0.39 is 0 Å². The van der Waals surface area contributed by atoms with Gasteiger partial charge in [-0.3, -0.25) is 4.90 Å². The molecule has 2 nitrogen and oxygen atoms in total. The molecule has 0 aliphatic carbocycles. The molecular formula is C11H23NO. The zero-order valence-corrected chi connectivity index (χ0v) is 9.68. The predicted octanol–water partition coefficient (Wildman–Crippen LogP) is 2.14. The number of nitrogens with zero attached hydrogens (tertiary/aromatic N) is 1. The van der Waals surface area contributed by atoms with Crippen molar-refractivity contribution >= 4 is 0 Å². The van der Waals surface area contributed by atoms with Gasteiger partial charge in [0.05, 0.1) is 12.2 Å². The van der Waals surface area contributed by atoms with Gasteiger partial charge in [0.15, 0.2) is 0 Å². The van der Waals surface area contributed by atoms with E-state index in [-0.39, 0.29) is 5.60 Å². The number of rotatable bonds is 1. The predicted molar refractivity (Wildman–Crippen MR) is 55.9 cm³/mol. The molecule has 0 aromatic heterocycles. The molecule has 0 radical (unpaired) electrons. The topological polar surface area (TPSA) is 12.5 Å². The smallest absolute Gasteiger partial charge is 0.0753 e. The van der Waals surface area contributed by atoms with Gasteiger partial charge in [-0.05, 0) is 19.3 Å². The lowest BCUT2D eigenvalue weighted by atomic mass is 9.95. The van der Waals surface area contributed by atoms with Crippen LogP contribution in [0.3, 0.4) is 0 Å².